The fraction of sp³-hybridized carbons (Fsp3) is 0.333. The fourth-order valence-corrected chi connectivity index (χ4v) is 2.17. The summed E-state index contributed by atoms with van der Waals surface area (Å²) in [6, 6.07) is 6.11. The summed E-state index contributed by atoms with van der Waals surface area (Å²) in [6.45, 7) is 0.983. The molecule has 0 spiro atoms. The number of terminal acetylenes is 1. The third-order valence-electron chi connectivity index (χ3n) is 3.18. The van der Waals surface area contributed by atoms with Crippen molar-refractivity contribution >= 4 is 17.7 Å². The number of hydrogen-bond acceptors (Lipinski definition) is 3. The molecule has 1 aromatic carbocycles. The van der Waals surface area contributed by atoms with Crippen molar-refractivity contribution in [2.75, 3.05) is 25.1 Å². The third kappa shape index (κ3) is 3.97. The molecule has 1 heterocycles. The van der Waals surface area contributed by atoms with Gasteiger partial charge in [0.05, 0.1) is 25.7 Å². The van der Waals surface area contributed by atoms with E-state index >= 15 is 0 Å². The summed E-state index contributed by atoms with van der Waals surface area (Å²) >= 11 is 0. The van der Waals surface area contributed by atoms with Gasteiger partial charge in [-0.05, 0) is 18.2 Å². The van der Waals surface area contributed by atoms with E-state index in [9.17, 15) is 9.59 Å². The van der Waals surface area contributed by atoms with Crippen LogP contribution in [-0.4, -0.2) is 47.8 Å². The van der Waals surface area contributed by atoms with E-state index in [1.54, 1.807) is 24.3 Å². The normalized spacial score (nSPS) is 17.9. The van der Waals surface area contributed by atoms with Crippen molar-refractivity contribution in [1.29, 1.82) is 0 Å². The number of nitrogens with zero attached hydrogens (tertiary/aromatic N) is 1. The van der Waals surface area contributed by atoms with Crippen LogP contribution in [0.2, 0.25) is 0 Å². The number of rotatable bonds is 3. The lowest BCUT2D eigenvalue weighted by atomic mass is 10.1. The minimum atomic E-state index is -0.961. The van der Waals surface area contributed by atoms with Crippen molar-refractivity contribution in [3.05, 3.63) is 29.8 Å². The molecule has 1 unspecified atom stereocenters. The Morgan fingerprint density at radius 2 is 2.33 bits per heavy atom. The molecule has 2 amide bonds. The first-order valence-corrected chi connectivity index (χ1v) is 6.54. The van der Waals surface area contributed by atoms with Crippen LogP contribution in [0.3, 0.4) is 0 Å². The number of morpholine rings is 1. The van der Waals surface area contributed by atoms with Gasteiger partial charge >= 0.3 is 12.0 Å². The average Bonchev–Trinajstić information content (AvgIpc) is 2.47. The number of ether oxygens (including phenoxy) is 1. The van der Waals surface area contributed by atoms with Gasteiger partial charge in [0.15, 0.2) is 0 Å². The number of carboxylic acid groups (broad SMARTS) is 1. The van der Waals surface area contributed by atoms with Crippen molar-refractivity contribution in [3.63, 3.8) is 0 Å². The number of hydrogen-bond donors (Lipinski definition) is 2. The number of benzene rings is 1. The molecule has 1 aliphatic heterocycles. The van der Waals surface area contributed by atoms with Crippen LogP contribution >= 0.6 is 0 Å². The first-order chi connectivity index (χ1) is 10.1. The first kappa shape index (κ1) is 14.9. The van der Waals surface area contributed by atoms with Gasteiger partial charge in [-0.1, -0.05) is 12.0 Å². The molecule has 2 N–H and O–H groups in total. The Balaban J connectivity index is 2.06. The molecule has 1 atom stereocenters. The number of amides is 2. The smallest absolute Gasteiger partial charge is 0.322 e. The van der Waals surface area contributed by atoms with Crippen LogP contribution in [0.25, 0.3) is 0 Å². The summed E-state index contributed by atoms with van der Waals surface area (Å²) in [5.74, 6) is 1.53. The molecular formula is C15H16N2O4. The fourth-order valence-electron chi connectivity index (χ4n) is 2.17. The van der Waals surface area contributed by atoms with Crippen LogP contribution in [0.15, 0.2) is 24.3 Å². The molecule has 0 aliphatic carbocycles. The summed E-state index contributed by atoms with van der Waals surface area (Å²) in [6.07, 6.45) is 5.17. The van der Waals surface area contributed by atoms with Crippen molar-refractivity contribution < 1.29 is 19.4 Å². The number of nitrogens with one attached hydrogen (secondary N) is 1. The van der Waals surface area contributed by atoms with Crippen LogP contribution in [0.4, 0.5) is 10.5 Å². The molecule has 2 rings (SSSR count). The van der Waals surface area contributed by atoms with Crippen LogP contribution in [-0.2, 0) is 9.53 Å². The monoisotopic (exact) mass is 288 g/mol. The number of carbonyl (C=O) groups is 2. The molecule has 0 bridgehead atoms. The molecule has 1 fully saturated rings. The highest BCUT2D eigenvalue weighted by atomic mass is 16.5. The van der Waals surface area contributed by atoms with Crippen molar-refractivity contribution in [3.8, 4) is 12.3 Å². The van der Waals surface area contributed by atoms with Crippen LogP contribution in [0, 0.1) is 12.3 Å². The molecular weight excluding hydrogens is 272 g/mol. The van der Waals surface area contributed by atoms with E-state index in [1.165, 1.54) is 4.90 Å². The summed E-state index contributed by atoms with van der Waals surface area (Å²) in [7, 11) is 0. The lowest BCUT2D eigenvalue weighted by Crippen LogP contribution is -2.51. The molecule has 0 radical (unpaired) electrons. The van der Waals surface area contributed by atoms with Gasteiger partial charge in [-0.2, -0.15) is 0 Å². The maximum atomic E-state index is 12.3. The van der Waals surface area contributed by atoms with Crippen molar-refractivity contribution in [2.45, 2.75) is 12.5 Å². The number of carboxylic acids is 1. The molecule has 110 valence electrons. The van der Waals surface area contributed by atoms with E-state index in [1.807, 2.05) is 0 Å². The highest BCUT2D eigenvalue weighted by Crippen LogP contribution is 2.15. The quantitative estimate of drug-likeness (QED) is 0.823. The van der Waals surface area contributed by atoms with Gasteiger partial charge in [-0.15, -0.1) is 6.42 Å². The molecule has 6 nitrogen and oxygen atoms in total. The van der Waals surface area contributed by atoms with Crippen LogP contribution in [0.5, 0.6) is 0 Å². The molecule has 6 heteroatoms. The molecule has 1 aliphatic rings. The predicted molar refractivity (Wildman–Crippen MR) is 77.0 cm³/mol. The lowest BCUT2D eigenvalue weighted by Gasteiger charge is -2.34. The van der Waals surface area contributed by atoms with Crippen molar-refractivity contribution in [2.24, 2.45) is 0 Å². The zero-order valence-electron chi connectivity index (χ0n) is 11.4. The SMILES string of the molecule is C#Cc1cccc(NC(=O)N2CCOCC2CC(=O)O)c1. The van der Waals surface area contributed by atoms with Gasteiger partial charge in [-0.25, -0.2) is 4.79 Å². The molecule has 1 saturated heterocycles. The Morgan fingerprint density at radius 1 is 1.52 bits per heavy atom. The summed E-state index contributed by atoms with van der Waals surface area (Å²) in [4.78, 5) is 24.6. The highest BCUT2D eigenvalue weighted by Gasteiger charge is 2.29. The van der Waals surface area contributed by atoms with Gasteiger partial charge in [0.25, 0.3) is 0 Å². The van der Waals surface area contributed by atoms with Gasteiger partial charge < -0.3 is 20.1 Å². The number of carbonyl (C=O) groups excluding carboxylic acids is 1. The van der Waals surface area contributed by atoms with Crippen LogP contribution < -0.4 is 5.32 Å². The standard InChI is InChI=1S/C15H16N2O4/c1-2-11-4-3-5-12(8-11)16-15(20)17-6-7-21-10-13(17)9-14(18)19/h1,3-5,8,13H,6-7,9-10H2,(H,16,20)(H,18,19). The zero-order valence-corrected chi connectivity index (χ0v) is 11.4. The topological polar surface area (TPSA) is 78.9 Å². The maximum Gasteiger partial charge on any atom is 0.322 e. The van der Waals surface area contributed by atoms with E-state index in [0.29, 0.717) is 24.4 Å². The van der Waals surface area contributed by atoms with E-state index in [0.717, 1.165) is 0 Å². The zero-order chi connectivity index (χ0) is 15.2. The largest absolute Gasteiger partial charge is 0.481 e. The number of aliphatic carboxylic acids is 1. The van der Waals surface area contributed by atoms with Gasteiger partial charge in [0, 0.05) is 17.8 Å². The molecule has 0 aromatic heterocycles. The Labute approximate surface area is 122 Å². The second-order valence-electron chi connectivity index (χ2n) is 4.68. The second kappa shape index (κ2) is 6.77. The number of anilines is 1. The summed E-state index contributed by atoms with van der Waals surface area (Å²) < 4.78 is 5.24. The summed E-state index contributed by atoms with van der Waals surface area (Å²) in [5.41, 5.74) is 1.24. The minimum absolute atomic E-state index is 0.141. The van der Waals surface area contributed by atoms with E-state index < -0.39 is 12.0 Å². The first-order valence-electron chi connectivity index (χ1n) is 6.54. The van der Waals surface area contributed by atoms with E-state index in [4.69, 9.17) is 16.3 Å². The van der Waals surface area contributed by atoms with Crippen LogP contribution in [0.1, 0.15) is 12.0 Å². The Hall–Kier alpha value is -2.52. The van der Waals surface area contributed by atoms with Gasteiger partial charge in [-0.3, -0.25) is 4.79 Å². The summed E-state index contributed by atoms with van der Waals surface area (Å²) in [5, 5.41) is 11.6. The molecule has 1 aromatic rings. The maximum absolute atomic E-state index is 12.3. The Kier molecular flexibility index (Phi) is 4.80. The number of urea groups is 1. The Morgan fingerprint density at radius 3 is 3.05 bits per heavy atom. The highest BCUT2D eigenvalue weighted by molar-refractivity contribution is 5.90. The second-order valence-corrected chi connectivity index (χ2v) is 4.68. The Bertz CT molecular complexity index is 579. The van der Waals surface area contributed by atoms with E-state index in [-0.39, 0.29) is 19.1 Å². The molecule has 21 heavy (non-hydrogen) atoms. The predicted octanol–water partition coefficient (Wildman–Crippen LogP) is 1.38. The minimum Gasteiger partial charge on any atom is -0.481 e. The third-order valence-corrected chi connectivity index (χ3v) is 3.18. The van der Waals surface area contributed by atoms with Gasteiger partial charge in [0.2, 0.25) is 0 Å². The molecule has 0 saturated carbocycles. The average molecular weight is 288 g/mol. The van der Waals surface area contributed by atoms with Gasteiger partial charge in [0.1, 0.15) is 0 Å². The lowest BCUT2D eigenvalue weighted by molar-refractivity contribution is -0.139. The van der Waals surface area contributed by atoms with Crippen molar-refractivity contribution in [1.82, 2.24) is 4.90 Å². The van der Waals surface area contributed by atoms with E-state index in [2.05, 4.69) is 11.2 Å².